The highest BCUT2D eigenvalue weighted by molar-refractivity contribution is 5.88. The summed E-state index contributed by atoms with van der Waals surface area (Å²) < 4.78 is 0. The summed E-state index contributed by atoms with van der Waals surface area (Å²) in [4.78, 5) is 13.5. The van der Waals surface area contributed by atoms with E-state index in [1.807, 2.05) is 12.1 Å². The molecule has 120 valence electrons. The average Bonchev–Trinajstić information content (AvgIpc) is 2.42. The monoisotopic (exact) mass is 333 g/mol. The lowest BCUT2D eigenvalue weighted by molar-refractivity contribution is -0.114. The van der Waals surface area contributed by atoms with Crippen molar-refractivity contribution in [3.63, 3.8) is 0 Å². The van der Waals surface area contributed by atoms with Crippen molar-refractivity contribution in [2.75, 3.05) is 31.5 Å². The molecule has 1 fully saturated rings. The largest absolute Gasteiger partial charge is 0.326 e. The number of hydrogen-bond donors (Lipinski definition) is 2. The lowest BCUT2D eigenvalue weighted by Crippen LogP contribution is -2.45. The summed E-state index contributed by atoms with van der Waals surface area (Å²) >= 11 is 0. The summed E-state index contributed by atoms with van der Waals surface area (Å²) in [7, 11) is 0. The Hall–Kier alpha value is -0.810. The average molecular weight is 334 g/mol. The Kier molecular flexibility index (Phi) is 9.62. The molecule has 1 amide bonds. The van der Waals surface area contributed by atoms with Crippen LogP contribution in [0, 0.1) is 0 Å². The molecule has 1 heterocycles. The fourth-order valence-corrected chi connectivity index (χ4v) is 2.69. The number of nitrogens with zero attached hydrogens (tertiary/aromatic N) is 1. The van der Waals surface area contributed by atoms with Crippen molar-refractivity contribution in [1.82, 2.24) is 10.2 Å². The molecule has 2 rings (SSSR count). The van der Waals surface area contributed by atoms with Gasteiger partial charge in [-0.1, -0.05) is 19.1 Å². The highest BCUT2D eigenvalue weighted by atomic mass is 35.5. The number of hydrogen-bond acceptors (Lipinski definition) is 3. The number of amides is 1. The number of rotatable bonds is 4. The van der Waals surface area contributed by atoms with Gasteiger partial charge in [-0.25, -0.2) is 0 Å². The number of nitrogens with one attached hydrogen (secondary N) is 2. The molecule has 21 heavy (non-hydrogen) atoms. The van der Waals surface area contributed by atoms with Crippen LogP contribution in [0.4, 0.5) is 5.69 Å². The molecule has 2 N–H and O–H groups in total. The highest BCUT2D eigenvalue weighted by Gasteiger charge is 2.20. The molecule has 0 aliphatic carbocycles. The molecule has 0 radical (unpaired) electrons. The number of piperazine rings is 1. The standard InChI is InChI=1S/C15H23N3O.2ClH/c1-3-15(18-10-8-16-9-11-18)13-4-6-14(7-5-13)17-12(2)19;;/h4-7,15-16H,3,8-11H2,1-2H3,(H,17,19);2*1H/t15-;;/m0../s1. The van der Waals surface area contributed by atoms with Crippen molar-refractivity contribution in [3.05, 3.63) is 29.8 Å². The van der Waals surface area contributed by atoms with E-state index < -0.39 is 0 Å². The number of halogens is 2. The Morgan fingerprint density at radius 2 is 1.81 bits per heavy atom. The van der Waals surface area contributed by atoms with Crippen LogP contribution in [0.3, 0.4) is 0 Å². The van der Waals surface area contributed by atoms with Crippen LogP contribution in [-0.4, -0.2) is 37.0 Å². The van der Waals surface area contributed by atoms with Gasteiger partial charge >= 0.3 is 0 Å². The minimum atomic E-state index is -0.0260. The Balaban J connectivity index is 0.00000200. The van der Waals surface area contributed by atoms with E-state index in [-0.39, 0.29) is 30.7 Å². The first kappa shape index (κ1) is 20.2. The van der Waals surface area contributed by atoms with Crippen LogP contribution in [0.15, 0.2) is 24.3 Å². The lowest BCUT2D eigenvalue weighted by Gasteiger charge is -2.34. The van der Waals surface area contributed by atoms with Crippen molar-refractivity contribution >= 4 is 36.4 Å². The van der Waals surface area contributed by atoms with Gasteiger partial charge in [0.25, 0.3) is 0 Å². The van der Waals surface area contributed by atoms with E-state index in [2.05, 4.69) is 34.6 Å². The second-order valence-electron chi connectivity index (χ2n) is 5.01. The van der Waals surface area contributed by atoms with E-state index in [4.69, 9.17) is 0 Å². The van der Waals surface area contributed by atoms with E-state index in [1.165, 1.54) is 12.5 Å². The maximum atomic E-state index is 11.0. The van der Waals surface area contributed by atoms with Crippen LogP contribution >= 0.6 is 24.8 Å². The Morgan fingerprint density at radius 1 is 1.24 bits per heavy atom. The van der Waals surface area contributed by atoms with Crippen LogP contribution in [0.2, 0.25) is 0 Å². The van der Waals surface area contributed by atoms with E-state index in [0.29, 0.717) is 6.04 Å². The zero-order chi connectivity index (χ0) is 13.7. The molecule has 0 unspecified atom stereocenters. The zero-order valence-corrected chi connectivity index (χ0v) is 14.2. The molecule has 0 bridgehead atoms. The van der Waals surface area contributed by atoms with Gasteiger partial charge in [0.05, 0.1) is 0 Å². The lowest BCUT2D eigenvalue weighted by atomic mass is 10.0. The number of anilines is 1. The van der Waals surface area contributed by atoms with Crippen molar-refractivity contribution in [2.24, 2.45) is 0 Å². The van der Waals surface area contributed by atoms with Crippen molar-refractivity contribution in [1.29, 1.82) is 0 Å². The van der Waals surface area contributed by atoms with E-state index in [0.717, 1.165) is 38.3 Å². The number of benzene rings is 1. The fourth-order valence-electron chi connectivity index (χ4n) is 2.69. The number of carbonyl (C=O) groups is 1. The Labute approximate surface area is 139 Å². The third-order valence-electron chi connectivity index (χ3n) is 3.59. The summed E-state index contributed by atoms with van der Waals surface area (Å²) in [6.07, 6.45) is 1.11. The smallest absolute Gasteiger partial charge is 0.221 e. The minimum absolute atomic E-state index is 0. The van der Waals surface area contributed by atoms with E-state index >= 15 is 0 Å². The van der Waals surface area contributed by atoms with Gasteiger partial charge in [0.15, 0.2) is 0 Å². The van der Waals surface area contributed by atoms with Gasteiger partial charge in [-0.2, -0.15) is 0 Å². The quantitative estimate of drug-likeness (QED) is 0.890. The summed E-state index contributed by atoms with van der Waals surface area (Å²) in [5, 5.41) is 6.19. The van der Waals surface area contributed by atoms with Crippen LogP contribution < -0.4 is 10.6 Å². The molecular weight excluding hydrogens is 309 g/mol. The fraction of sp³-hybridized carbons (Fsp3) is 0.533. The van der Waals surface area contributed by atoms with Gasteiger partial charge in [0.2, 0.25) is 5.91 Å². The van der Waals surface area contributed by atoms with Crippen molar-refractivity contribution in [3.8, 4) is 0 Å². The molecular formula is C15H25Cl2N3O. The summed E-state index contributed by atoms with van der Waals surface area (Å²) in [6, 6.07) is 8.71. The topological polar surface area (TPSA) is 44.4 Å². The predicted octanol–water partition coefficient (Wildman–Crippen LogP) is 2.84. The van der Waals surface area contributed by atoms with E-state index in [1.54, 1.807) is 0 Å². The summed E-state index contributed by atoms with van der Waals surface area (Å²) in [6.45, 7) is 8.11. The second-order valence-corrected chi connectivity index (χ2v) is 5.01. The van der Waals surface area contributed by atoms with Crippen molar-refractivity contribution in [2.45, 2.75) is 26.3 Å². The van der Waals surface area contributed by atoms with E-state index in [9.17, 15) is 4.79 Å². The Morgan fingerprint density at radius 3 is 2.29 bits per heavy atom. The molecule has 1 atom stereocenters. The van der Waals surface area contributed by atoms with Gasteiger partial charge < -0.3 is 10.6 Å². The predicted molar refractivity (Wildman–Crippen MR) is 92.7 cm³/mol. The molecule has 6 heteroatoms. The van der Waals surface area contributed by atoms with Gasteiger partial charge in [-0.15, -0.1) is 24.8 Å². The normalized spacial score (nSPS) is 16.3. The SMILES string of the molecule is CC[C@@H](c1ccc(NC(C)=O)cc1)N1CCNCC1.Cl.Cl. The second kappa shape index (κ2) is 10.0. The summed E-state index contributed by atoms with van der Waals surface area (Å²) in [5.74, 6) is -0.0260. The maximum absolute atomic E-state index is 11.0. The summed E-state index contributed by atoms with van der Waals surface area (Å²) in [5.41, 5.74) is 2.20. The van der Waals surface area contributed by atoms with Crippen LogP contribution in [-0.2, 0) is 4.79 Å². The molecule has 1 aliphatic heterocycles. The first-order valence-electron chi connectivity index (χ1n) is 7.03. The molecule has 0 saturated carbocycles. The molecule has 4 nitrogen and oxygen atoms in total. The minimum Gasteiger partial charge on any atom is -0.326 e. The van der Waals surface area contributed by atoms with Gasteiger partial charge in [0.1, 0.15) is 0 Å². The molecule has 1 aliphatic rings. The number of carbonyl (C=O) groups excluding carboxylic acids is 1. The third kappa shape index (κ3) is 5.83. The maximum Gasteiger partial charge on any atom is 0.221 e. The van der Waals surface area contributed by atoms with Crippen LogP contribution in [0.5, 0.6) is 0 Å². The van der Waals surface area contributed by atoms with Gasteiger partial charge in [-0.3, -0.25) is 9.69 Å². The van der Waals surface area contributed by atoms with Crippen LogP contribution in [0.1, 0.15) is 31.9 Å². The first-order chi connectivity index (χ1) is 9.20. The zero-order valence-electron chi connectivity index (χ0n) is 12.6. The van der Waals surface area contributed by atoms with Crippen LogP contribution in [0.25, 0.3) is 0 Å². The molecule has 0 aromatic heterocycles. The molecule has 1 saturated heterocycles. The van der Waals surface area contributed by atoms with Crippen molar-refractivity contribution < 1.29 is 4.79 Å². The molecule has 0 spiro atoms. The Bertz CT molecular complexity index is 419. The third-order valence-corrected chi connectivity index (χ3v) is 3.59. The van der Waals surface area contributed by atoms with Gasteiger partial charge in [-0.05, 0) is 24.1 Å². The van der Waals surface area contributed by atoms with Gasteiger partial charge in [0, 0.05) is 44.8 Å². The highest BCUT2D eigenvalue weighted by Crippen LogP contribution is 2.25. The molecule has 1 aromatic carbocycles. The molecule has 1 aromatic rings. The first-order valence-corrected chi connectivity index (χ1v) is 7.03.